The van der Waals surface area contributed by atoms with Gasteiger partial charge in [-0.3, -0.25) is 0 Å². The van der Waals surface area contributed by atoms with E-state index in [9.17, 15) is 5.11 Å². The molecule has 1 atom stereocenters. The van der Waals surface area contributed by atoms with Crippen LogP contribution in [0.5, 0.6) is 0 Å². The summed E-state index contributed by atoms with van der Waals surface area (Å²) in [6.07, 6.45) is 2.08. The fourth-order valence-electron chi connectivity index (χ4n) is 1.27. The van der Waals surface area contributed by atoms with E-state index in [1.54, 1.807) is 6.92 Å². The third kappa shape index (κ3) is 4.17. The van der Waals surface area contributed by atoms with Crippen molar-refractivity contribution in [1.82, 2.24) is 0 Å². The maximum atomic E-state index is 9.47. The van der Waals surface area contributed by atoms with Crippen molar-refractivity contribution in [3.05, 3.63) is 28.2 Å². The molecule has 0 aliphatic carbocycles. The van der Waals surface area contributed by atoms with Gasteiger partial charge in [0.2, 0.25) is 0 Å². The smallest absolute Gasteiger partial charge is 0.0772 e. The maximum Gasteiger partial charge on any atom is 0.0772 e. The van der Waals surface area contributed by atoms with Crippen LogP contribution in [0.1, 0.15) is 38.4 Å². The van der Waals surface area contributed by atoms with E-state index in [1.165, 1.54) is 17.7 Å². The fraction of sp³-hybridized carbons (Fsp3) is 0.500. The Morgan fingerprint density at radius 3 is 2.73 bits per heavy atom. The Kier molecular flexibility index (Phi) is 5.72. The minimum absolute atomic E-state index is 0.408. The first kappa shape index (κ1) is 13.1. The van der Waals surface area contributed by atoms with Crippen LogP contribution in [0, 0.1) is 0 Å². The summed E-state index contributed by atoms with van der Waals surface area (Å²) in [6.45, 7) is 3.98. The molecule has 0 unspecified atom stereocenters. The number of hydrogen-bond acceptors (Lipinski definition) is 2. The molecule has 0 aliphatic rings. The fourth-order valence-corrected chi connectivity index (χ4v) is 3.17. The number of aliphatic hydroxyl groups excluding tert-OH is 1. The zero-order valence-corrected chi connectivity index (χ0v) is 11.6. The molecular formula is C12H17BrOS. The molecule has 0 saturated carbocycles. The zero-order valence-electron chi connectivity index (χ0n) is 9.16. The Hall–Kier alpha value is 0.01000. The second-order valence-electron chi connectivity index (χ2n) is 3.56. The van der Waals surface area contributed by atoms with E-state index >= 15 is 0 Å². The molecule has 1 aromatic carbocycles. The lowest BCUT2D eigenvalue weighted by molar-refractivity contribution is 0.198. The summed E-state index contributed by atoms with van der Waals surface area (Å²) in [7, 11) is 0. The molecule has 0 saturated heterocycles. The molecule has 0 spiro atoms. The number of halogens is 1. The van der Waals surface area contributed by atoms with Gasteiger partial charge in [-0.15, -0.1) is 11.8 Å². The van der Waals surface area contributed by atoms with Crippen LogP contribution < -0.4 is 0 Å². The van der Waals surface area contributed by atoms with Crippen molar-refractivity contribution in [2.24, 2.45) is 0 Å². The molecule has 0 fully saturated rings. The van der Waals surface area contributed by atoms with Crippen molar-refractivity contribution >= 4 is 27.7 Å². The van der Waals surface area contributed by atoms with Crippen LogP contribution in [-0.4, -0.2) is 10.9 Å². The molecule has 0 heterocycles. The topological polar surface area (TPSA) is 20.2 Å². The summed E-state index contributed by atoms with van der Waals surface area (Å²) in [5.41, 5.74) is 0.954. The van der Waals surface area contributed by atoms with Crippen molar-refractivity contribution in [3.8, 4) is 0 Å². The van der Waals surface area contributed by atoms with Crippen LogP contribution in [0.3, 0.4) is 0 Å². The second kappa shape index (κ2) is 6.56. The van der Waals surface area contributed by atoms with Crippen LogP contribution in [-0.2, 0) is 0 Å². The third-order valence-corrected chi connectivity index (χ3v) is 3.96. The average Bonchev–Trinajstić information content (AvgIpc) is 2.17. The van der Waals surface area contributed by atoms with E-state index in [4.69, 9.17) is 0 Å². The minimum Gasteiger partial charge on any atom is -0.389 e. The molecule has 0 aromatic heterocycles. The summed E-state index contributed by atoms with van der Waals surface area (Å²) in [5, 5.41) is 9.47. The van der Waals surface area contributed by atoms with Gasteiger partial charge in [0, 0.05) is 9.37 Å². The average molecular weight is 289 g/mol. The Bertz CT molecular complexity index is 312. The first-order chi connectivity index (χ1) is 7.15. The normalized spacial score (nSPS) is 12.8. The number of hydrogen-bond donors (Lipinski definition) is 1. The van der Waals surface area contributed by atoms with E-state index < -0.39 is 6.10 Å². The molecule has 1 nitrogen and oxygen atoms in total. The van der Waals surface area contributed by atoms with Gasteiger partial charge in [0.15, 0.2) is 0 Å². The van der Waals surface area contributed by atoms with Gasteiger partial charge < -0.3 is 5.11 Å². The number of thioether (sulfide) groups is 1. The summed E-state index contributed by atoms with van der Waals surface area (Å²) in [5.74, 6) is 1.16. The van der Waals surface area contributed by atoms with Crippen LogP contribution in [0.15, 0.2) is 27.6 Å². The summed E-state index contributed by atoms with van der Waals surface area (Å²) in [6, 6.07) is 6.15. The number of benzene rings is 1. The third-order valence-electron chi connectivity index (χ3n) is 2.19. The van der Waals surface area contributed by atoms with Crippen LogP contribution in [0.2, 0.25) is 0 Å². The Morgan fingerprint density at radius 1 is 1.47 bits per heavy atom. The molecule has 0 radical (unpaired) electrons. The highest BCUT2D eigenvalue weighted by atomic mass is 79.9. The van der Waals surface area contributed by atoms with Gasteiger partial charge in [-0.25, -0.2) is 0 Å². The second-order valence-corrected chi connectivity index (χ2v) is 5.58. The highest BCUT2D eigenvalue weighted by Crippen LogP contribution is 2.29. The lowest BCUT2D eigenvalue weighted by Gasteiger charge is -2.09. The molecule has 3 heteroatoms. The molecule has 15 heavy (non-hydrogen) atoms. The van der Waals surface area contributed by atoms with E-state index in [0.717, 1.165) is 15.8 Å². The van der Waals surface area contributed by atoms with Crippen LogP contribution in [0.4, 0.5) is 0 Å². The first-order valence-electron chi connectivity index (χ1n) is 5.25. The molecule has 0 bridgehead atoms. The number of aliphatic hydroxyl groups is 1. The molecule has 1 aromatic rings. The summed E-state index contributed by atoms with van der Waals surface area (Å²) < 4.78 is 0.999. The zero-order chi connectivity index (χ0) is 11.3. The van der Waals surface area contributed by atoms with E-state index in [0.29, 0.717) is 0 Å². The molecule has 1 N–H and O–H groups in total. The summed E-state index contributed by atoms with van der Waals surface area (Å²) in [4.78, 5) is 1.26. The van der Waals surface area contributed by atoms with E-state index in [2.05, 4.69) is 35.0 Å². The van der Waals surface area contributed by atoms with Crippen molar-refractivity contribution in [2.45, 2.75) is 37.7 Å². The standard InChI is InChI=1S/C12H17BrOS/c1-3-4-7-15-10-5-6-11(9(2)14)12(13)8-10/h5-6,8-9,14H,3-4,7H2,1-2H3/t9-/m1/s1. The van der Waals surface area contributed by atoms with Crippen molar-refractivity contribution in [3.63, 3.8) is 0 Å². The Morgan fingerprint density at radius 2 is 2.20 bits per heavy atom. The molecule has 0 aliphatic heterocycles. The lowest BCUT2D eigenvalue weighted by Crippen LogP contribution is -1.92. The molecule has 84 valence electrons. The van der Waals surface area contributed by atoms with Gasteiger partial charge in [0.1, 0.15) is 0 Å². The molecular weight excluding hydrogens is 272 g/mol. The van der Waals surface area contributed by atoms with Gasteiger partial charge >= 0.3 is 0 Å². The van der Waals surface area contributed by atoms with Crippen molar-refractivity contribution in [2.75, 3.05) is 5.75 Å². The van der Waals surface area contributed by atoms with E-state index in [-0.39, 0.29) is 0 Å². The van der Waals surface area contributed by atoms with E-state index in [1.807, 2.05) is 17.8 Å². The predicted molar refractivity (Wildman–Crippen MR) is 70.4 cm³/mol. The van der Waals surface area contributed by atoms with Gasteiger partial charge in [-0.05, 0) is 36.8 Å². The molecule has 1 rings (SSSR count). The van der Waals surface area contributed by atoms with Crippen molar-refractivity contribution < 1.29 is 5.11 Å². The van der Waals surface area contributed by atoms with Crippen molar-refractivity contribution in [1.29, 1.82) is 0 Å². The van der Waals surface area contributed by atoms with Crippen LogP contribution in [0.25, 0.3) is 0 Å². The predicted octanol–water partition coefficient (Wildman–Crippen LogP) is 4.39. The Labute approximate surface area is 104 Å². The van der Waals surface area contributed by atoms with Gasteiger partial charge in [0.25, 0.3) is 0 Å². The monoisotopic (exact) mass is 288 g/mol. The Balaban J connectivity index is 2.65. The van der Waals surface area contributed by atoms with Gasteiger partial charge in [-0.2, -0.15) is 0 Å². The minimum atomic E-state index is -0.408. The lowest BCUT2D eigenvalue weighted by atomic mass is 10.1. The van der Waals surface area contributed by atoms with Gasteiger partial charge in [0.05, 0.1) is 6.10 Å². The molecule has 0 amide bonds. The van der Waals surface area contributed by atoms with Gasteiger partial charge in [-0.1, -0.05) is 35.3 Å². The highest BCUT2D eigenvalue weighted by molar-refractivity contribution is 9.10. The quantitative estimate of drug-likeness (QED) is 0.640. The highest BCUT2D eigenvalue weighted by Gasteiger charge is 2.06. The number of rotatable bonds is 5. The largest absolute Gasteiger partial charge is 0.389 e. The first-order valence-corrected chi connectivity index (χ1v) is 7.03. The maximum absolute atomic E-state index is 9.47. The SMILES string of the molecule is CCCCSc1ccc([C@@H](C)O)c(Br)c1. The number of unbranched alkanes of at least 4 members (excludes halogenated alkanes) is 1. The summed E-state index contributed by atoms with van der Waals surface area (Å²) >= 11 is 5.35. The van der Waals surface area contributed by atoms with Crippen LogP contribution >= 0.6 is 27.7 Å².